The second kappa shape index (κ2) is 12.7. The molecule has 0 saturated carbocycles. The van der Waals surface area contributed by atoms with Crippen molar-refractivity contribution in [2.45, 2.75) is 25.7 Å². The maximum atomic E-state index is 12.7. The third kappa shape index (κ3) is 7.55. The van der Waals surface area contributed by atoms with E-state index in [0.717, 1.165) is 24.8 Å². The second-order valence-corrected chi connectivity index (χ2v) is 9.25. The van der Waals surface area contributed by atoms with Gasteiger partial charge in [0.15, 0.2) is 6.61 Å². The summed E-state index contributed by atoms with van der Waals surface area (Å²) in [5.41, 5.74) is 0.848. The van der Waals surface area contributed by atoms with E-state index in [1.54, 1.807) is 28.0 Å². The van der Waals surface area contributed by atoms with Crippen LogP contribution in [-0.4, -0.2) is 78.5 Å². The van der Waals surface area contributed by atoms with E-state index >= 15 is 0 Å². The number of thioether (sulfide) groups is 1. The number of thiocarbonyl (C=S) groups is 1. The van der Waals surface area contributed by atoms with Crippen LogP contribution in [0.1, 0.15) is 31.2 Å². The predicted molar refractivity (Wildman–Crippen MR) is 130 cm³/mol. The smallest absolute Gasteiger partial charge is 0.305 e. The molecular weight excluding hydrogens is 464 g/mol. The van der Waals surface area contributed by atoms with Crippen molar-refractivity contribution in [3.05, 3.63) is 34.7 Å². The van der Waals surface area contributed by atoms with Crippen LogP contribution >= 0.6 is 24.0 Å². The molecule has 2 aliphatic rings. The summed E-state index contributed by atoms with van der Waals surface area (Å²) in [6.07, 6.45) is 4.51. The molecule has 0 bridgehead atoms. The van der Waals surface area contributed by atoms with E-state index in [9.17, 15) is 14.4 Å². The van der Waals surface area contributed by atoms with Crippen molar-refractivity contribution in [3.63, 3.8) is 0 Å². The fourth-order valence-electron chi connectivity index (χ4n) is 3.37. The van der Waals surface area contributed by atoms with Crippen LogP contribution in [0.4, 0.5) is 0 Å². The molecule has 0 spiro atoms. The molecule has 2 heterocycles. The first-order chi connectivity index (χ1) is 16.0. The Hall–Kier alpha value is -2.43. The molecule has 2 saturated heterocycles. The molecule has 0 unspecified atom stereocenters. The normalized spacial score (nSPS) is 17.5. The lowest BCUT2D eigenvalue weighted by atomic mass is 10.2. The van der Waals surface area contributed by atoms with Gasteiger partial charge in [-0.25, -0.2) is 0 Å². The quantitative estimate of drug-likeness (QED) is 0.213. The molecular formula is C23H28N2O6S2. The topological polar surface area (TPSA) is 85.4 Å². The summed E-state index contributed by atoms with van der Waals surface area (Å²) in [4.78, 5) is 40.0. The van der Waals surface area contributed by atoms with Crippen LogP contribution in [-0.2, 0) is 23.9 Å². The lowest BCUT2D eigenvalue weighted by molar-refractivity contribution is -0.140. The maximum absolute atomic E-state index is 12.7. The zero-order valence-electron chi connectivity index (χ0n) is 18.6. The number of unbranched alkanes of at least 4 members (excludes halogenated alkanes) is 2. The SMILES string of the molecule is COC(=O)CCCCCN1C(=O)/C(=C\c2ccc(OCC(=O)N3CCOCC3)cc2)SC1=S. The van der Waals surface area contributed by atoms with Gasteiger partial charge < -0.3 is 19.1 Å². The second-order valence-electron chi connectivity index (χ2n) is 7.57. The Morgan fingerprint density at radius 1 is 1.15 bits per heavy atom. The van der Waals surface area contributed by atoms with Crippen molar-refractivity contribution in [1.82, 2.24) is 9.80 Å². The van der Waals surface area contributed by atoms with Crippen molar-refractivity contribution in [3.8, 4) is 5.75 Å². The van der Waals surface area contributed by atoms with Crippen molar-refractivity contribution in [2.75, 3.05) is 46.6 Å². The molecule has 1 aromatic carbocycles. The van der Waals surface area contributed by atoms with E-state index in [1.807, 2.05) is 12.1 Å². The van der Waals surface area contributed by atoms with E-state index in [1.165, 1.54) is 18.9 Å². The molecule has 1 aromatic rings. The number of ether oxygens (including phenoxy) is 3. The average molecular weight is 493 g/mol. The van der Waals surface area contributed by atoms with Gasteiger partial charge in [0.1, 0.15) is 10.1 Å². The Labute approximate surface area is 203 Å². The van der Waals surface area contributed by atoms with Gasteiger partial charge in [-0.15, -0.1) is 0 Å². The van der Waals surface area contributed by atoms with Crippen LogP contribution in [0.3, 0.4) is 0 Å². The summed E-state index contributed by atoms with van der Waals surface area (Å²) >= 11 is 6.66. The van der Waals surface area contributed by atoms with Gasteiger partial charge in [-0.05, 0) is 36.6 Å². The first-order valence-corrected chi connectivity index (χ1v) is 12.1. The minimum Gasteiger partial charge on any atom is -0.484 e. The number of morpholine rings is 1. The number of carbonyl (C=O) groups excluding carboxylic acids is 3. The number of methoxy groups -OCH3 is 1. The third-order valence-corrected chi connectivity index (χ3v) is 6.65. The van der Waals surface area contributed by atoms with Gasteiger partial charge in [0.2, 0.25) is 0 Å². The number of carbonyl (C=O) groups is 3. The Bertz CT molecular complexity index is 897. The van der Waals surface area contributed by atoms with E-state index in [4.69, 9.17) is 21.7 Å². The average Bonchev–Trinajstić information content (AvgIpc) is 3.10. The minimum atomic E-state index is -0.219. The monoisotopic (exact) mass is 492 g/mol. The molecule has 0 aromatic heterocycles. The Morgan fingerprint density at radius 2 is 1.88 bits per heavy atom. The highest BCUT2D eigenvalue weighted by molar-refractivity contribution is 8.26. The molecule has 10 heteroatoms. The molecule has 8 nitrogen and oxygen atoms in total. The number of hydrogen-bond acceptors (Lipinski definition) is 8. The van der Waals surface area contributed by atoms with Gasteiger partial charge in [0.05, 0.1) is 25.2 Å². The lowest BCUT2D eigenvalue weighted by Crippen LogP contribution is -2.42. The highest BCUT2D eigenvalue weighted by Gasteiger charge is 2.31. The first-order valence-electron chi connectivity index (χ1n) is 10.9. The molecule has 178 valence electrons. The van der Waals surface area contributed by atoms with Gasteiger partial charge in [0.25, 0.3) is 11.8 Å². The standard InChI is InChI=1S/C23H28N2O6S2/c1-29-21(27)5-3-2-4-10-25-22(28)19(33-23(25)32)15-17-6-8-18(9-7-17)31-16-20(26)24-11-13-30-14-12-24/h6-9,15H,2-5,10-14,16H2,1H3/b19-15+. The summed E-state index contributed by atoms with van der Waals surface area (Å²) in [5, 5.41) is 0. The maximum Gasteiger partial charge on any atom is 0.305 e. The third-order valence-electron chi connectivity index (χ3n) is 5.27. The van der Waals surface area contributed by atoms with Gasteiger partial charge in [-0.2, -0.15) is 0 Å². The molecule has 0 atom stereocenters. The number of rotatable bonds is 10. The van der Waals surface area contributed by atoms with Crippen molar-refractivity contribution < 1.29 is 28.6 Å². The Balaban J connectivity index is 1.46. The van der Waals surface area contributed by atoms with Crippen molar-refractivity contribution >= 4 is 52.2 Å². The number of esters is 1. The van der Waals surface area contributed by atoms with Crippen LogP contribution in [0.2, 0.25) is 0 Å². The highest BCUT2D eigenvalue weighted by atomic mass is 32.2. The largest absolute Gasteiger partial charge is 0.484 e. The molecule has 33 heavy (non-hydrogen) atoms. The van der Waals surface area contributed by atoms with E-state index in [2.05, 4.69) is 4.74 Å². The van der Waals surface area contributed by atoms with E-state index in [0.29, 0.717) is 54.2 Å². The van der Waals surface area contributed by atoms with Crippen molar-refractivity contribution in [2.24, 2.45) is 0 Å². The fourth-order valence-corrected chi connectivity index (χ4v) is 4.68. The molecule has 0 aliphatic carbocycles. The zero-order chi connectivity index (χ0) is 23.6. The van der Waals surface area contributed by atoms with Gasteiger partial charge in [-0.3, -0.25) is 19.3 Å². The summed E-state index contributed by atoms with van der Waals surface area (Å²) in [5.74, 6) is 0.211. The minimum absolute atomic E-state index is 0.0162. The van der Waals surface area contributed by atoms with E-state index in [-0.39, 0.29) is 24.4 Å². The molecule has 2 amide bonds. The summed E-state index contributed by atoms with van der Waals surface area (Å²) in [7, 11) is 1.38. The molecule has 0 N–H and O–H groups in total. The van der Waals surface area contributed by atoms with Crippen LogP contribution in [0.25, 0.3) is 6.08 Å². The van der Waals surface area contributed by atoms with Crippen LogP contribution < -0.4 is 4.74 Å². The lowest BCUT2D eigenvalue weighted by Gasteiger charge is -2.26. The summed E-state index contributed by atoms with van der Waals surface area (Å²) in [6.45, 7) is 2.81. The summed E-state index contributed by atoms with van der Waals surface area (Å²) < 4.78 is 16.0. The molecule has 2 aliphatic heterocycles. The van der Waals surface area contributed by atoms with Gasteiger partial charge >= 0.3 is 5.97 Å². The van der Waals surface area contributed by atoms with Crippen LogP contribution in [0, 0.1) is 0 Å². The van der Waals surface area contributed by atoms with Crippen molar-refractivity contribution in [1.29, 1.82) is 0 Å². The summed E-state index contributed by atoms with van der Waals surface area (Å²) in [6, 6.07) is 7.24. The number of amides is 2. The molecule has 3 rings (SSSR count). The van der Waals surface area contributed by atoms with Gasteiger partial charge in [-0.1, -0.05) is 42.5 Å². The Kier molecular flexibility index (Phi) is 9.71. The molecule has 0 radical (unpaired) electrons. The van der Waals surface area contributed by atoms with E-state index < -0.39 is 0 Å². The first kappa shape index (κ1) is 25.2. The Morgan fingerprint density at radius 3 is 2.58 bits per heavy atom. The molecule has 2 fully saturated rings. The van der Waals surface area contributed by atoms with Gasteiger partial charge in [0, 0.05) is 26.1 Å². The van der Waals surface area contributed by atoms with Crippen LogP contribution in [0.15, 0.2) is 29.2 Å². The predicted octanol–water partition coefficient (Wildman–Crippen LogP) is 2.86. The van der Waals surface area contributed by atoms with Crippen LogP contribution in [0.5, 0.6) is 5.75 Å². The zero-order valence-corrected chi connectivity index (χ0v) is 20.3. The number of hydrogen-bond donors (Lipinski definition) is 0. The highest BCUT2D eigenvalue weighted by Crippen LogP contribution is 2.33. The number of benzene rings is 1. The number of nitrogens with zero attached hydrogens (tertiary/aromatic N) is 2. The fraction of sp³-hybridized carbons (Fsp3) is 0.478.